The molecule has 10 aliphatic rings. The zero-order valence-electron chi connectivity index (χ0n) is 25.6. The standard InChI is InChI=1S/C30H36F6O11S/c31-26(32)13-44-28(45-14-27(26,33)34)17-1-15-2-18(28)8-24(5-15,7-17)22(37)42-11-21-12-43-29(46-21)19-3-16-4-20(29)10-25(6-16,9-19)47-23(38)30(35,36)48(39,40)41/h15-21H,1-14H2,(H,39,40,41). The lowest BCUT2D eigenvalue weighted by molar-refractivity contribution is -0.346. The van der Waals surface area contributed by atoms with Crippen molar-refractivity contribution < 1.29 is 77.3 Å². The highest BCUT2D eigenvalue weighted by atomic mass is 32.2. The predicted molar refractivity (Wildman–Crippen MR) is 144 cm³/mol. The summed E-state index contributed by atoms with van der Waals surface area (Å²) in [4.78, 5) is 25.9. The van der Waals surface area contributed by atoms with E-state index < -0.39 is 92.9 Å². The second kappa shape index (κ2) is 10.2. The van der Waals surface area contributed by atoms with Crippen molar-refractivity contribution in [1.29, 1.82) is 0 Å². The van der Waals surface area contributed by atoms with Crippen molar-refractivity contribution >= 4 is 22.1 Å². The zero-order chi connectivity index (χ0) is 34.3. The highest BCUT2D eigenvalue weighted by molar-refractivity contribution is 7.87. The summed E-state index contributed by atoms with van der Waals surface area (Å²) in [5.74, 6) is -16.2. The summed E-state index contributed by atoms with van der Waals surface area (Å²) in [6.07, 6.45) is 2.81. The normalized spacial score (nSPS) is 46.2. The monoisotopic (exact) mass is 718 g/mol. The van der Waals surface area contributed by atoms with Crippen LogP contribution >= 0.6 is 0 Å². The lowest BCUT2D eigenvalue weighted by Crippen LogP contribution is -2.65. The molecule has 48 heavy (non-hydrogen) atoms. The van der Waals surface area contributed by atoms with E-state index in [9.17, 15) is 44.3 Å². The molecule has 0 amide bonds. The van der Waals surface area contributed by atoms with Crippen LogP contribution in [0.15, 0.2) is 0 Å². The Balaban J connectivity index is 0.913. The van der Waals surface area contributed by atoms with Gasteiger partial charge in [0.15, 0.2) is 11.6 Å². The Kier molecular flexibility index (Phi) is 7.10. The summed E-state index contributed by atoms with van der Waals surface area (Å²) in [6.45, 7) is -3.05. The molecule has 2 saturated heterocycles. The van der Waals surface area contributed by atoms with E-state index in [0.717, 1.165) is 0 Å². The highest BCUT2D eigenvalue weighted by Crippen LogP contribution is 2.67. The van der Waals surface area contributed by atoms with Crippen LogP contribution in [0.1, 0.15) is 64.2 Å². The maximum atomic E-state index is 14.1. The zero-order valence-corrected chi connectivity index (χ0v) is 26.5. The lowest BCUT2D eigenvalue weighted by Gasteiger charge is -2.62. The molecule has 5 atom stereocenters. The van der Waals surface area contributed by atoms with E-state index in [2.05, 4.69) is 0 Å². The van der Waals surface area contributed by atoms with E-state index in [1.165, 1.54) is 0 Å². The van der Waals surface area contributed by atoms with E-state index in [4.69, 9.17) is 33.0 Å². The largest absolute Gasteiger partial charge is 0.465 e. The van der Waals surface area contributed by atoms with E-state index in [0.29, 0.717) is 32.1 Å². The molecule has 0 aromatic rings. The number of halogens is 6. The molecule has 11 nitrogen and oxygen atoms in total. The average Bonchev–Trinajstić information content (AvgIpc) is 3.38. The topological polar surface area (TPSA) is 144 Å². The maximum Gasteiger partial charge on any atom is 0.465 e. The number of ether oxygens (including phenoxy) is 6. The van der Waals surface area contributed by atoms with Gasteiger partial charge in [0.2, 0.25) is 0 Å². The average molecular weight is 719 g/mol. The molecule has 2 heterocycles. The fraction of sp³-hybridized carbons (Fsp3) is 0.933. The van der Waals surface area contributed by atoms with Gasteiger partial charge in [0.1, 0.15) is 31.5 Å². The molecule has 0 radical (unpaired) electrons. The van der Waals surface area contributed by atoms with E-state index in [-0.39, 0.29) is 69.0 Å². The van der Waals surface area contributed by atoms with Crippen molar-refractivity contribution in [3.8, 4) is 0 Å². The van der Waals surface area contributed by atoms with Crippen molar-refractivity contribution in [2.24, 2.45) is 40.9 Å². The van der Waals surface area contributed by atoms with Gasteiger partial charge in [-0.3, -0.25) is 9.35 Å². The molecule has 10 fully saturated rings. The van der Waals surface area contributed by atoms with Gasteiger partial charge in [-0.05, 0) is 76.0 Å². The van der Waals surface area contributed by atoms with Gasteiger partial charge in [0, 0.05) is 23.7 Å². The molecule has 8 saturated carbocycles. The van der Waals surface area contributed by atoms with Crippen LogP contribution < -0.4 is 0 Å². The third kappa shape index (κ3) is 4.67. The first kappa shape index (κ1) is 33.4. The van der Waals surface area contributed by atoms with Crippen molar-refractivity contribution in [1.82, 2.24) is 0 Å². The summed E-state index contributed by atoms with van der Waals surface area (Å²) in [6, 6.07) is 0. The van der Waals surface area contributed by atoms with Gasteiger partial charge in [-0.1, -0.05) is 0 Å². The van der Waals surface area contributed by atoms with E-state index >= 15 is 0 Å². The fourth-order valence-electron chi connectivity index (χ4n) is 11.0. The van der Waals surface area contributed by atoms with Gasteiger partial charge in [-0.15, -0.1) is 0 Å². The molecule has 2 spiro atoms. The van der Waals surface area contributed by atoms with Gasteiger partial charge >= 0.3 is 39.2 Å². The number of esters is 2. The molecule has 2 aliphatic heterocycles. The Morgan fingerprint density at radius 1 is 0.771 bits per heavy atom. The first-order chi connectivity index (χ1) is 22.2. The van der Waals surface area contributed by atoms with E-state index in [1.54, 1.807) is 0 Å². The number of carbonyl (C=O) groups excluding carboxylic acids is 2. The molecule has 10 rings (SSSR count). The first-order valence-corrected chi connectivity index (χ1v) is 17.8. The molecular formula is C30H36F6O11S. The molecular weight excluding hydrogens is 682 g/mol. The number of carbonyl (C=O) groups is 2. The Morgan fingerprint density at radius 2 is 1.29 bits per heavy atom. The summed E-state index contributed by atoms with van der Waals surface area (Å²) in [5.41, 5.74) is -2.32. The Morgan fingerprint density at radius 3 is 1.83 bits per heavy atom. The van der Waals surface area contributed by atoms with Crippen LogP contribution in [0.3, 0.4) is 0 Å². The summed E-state index contributed by atoms with van der Waals surface area (Å²) in [5, 5.41) is -5.11. The highest BCUT2D eigenvalue weighted by Gasteiger charge is 2.72. The summed E-state index contributed by atoms with van der Waals surface area (Å²) in [7, 11) is -6.03. The third-order valence-corrected chi connectivity index (χ3v) is 13.5. The molecule has 8 aliphatic carbocycles. The van der Waals surface area contributed by atoms with Crippen molar-refractivity contribution in [2.75, 3.05) is 26.4 Å². The first-order valence-electron chi connectivity index (χ1n) is 16.3. The molecule has 1 N–H and O–H groups in total. The second-order valence-corrected chi connectivity index (χ2v) is 17.1. The third-order valence-electron chi connectivity index (χ3n) is 12.6. The molecule has 0 aromatic carbocycles. The number of alkyl halides is 6. The van der Waals surface area contributed by atoms with Gasteiger partial charge < -0.3 is 28.4 Å². The number of hydrogen-bond acceptors (Lipinski definition) is 10. The SMILES string of the molecule is O=C(OCC1COC2(O1)C1CC3CC2CC(OC(=O)C(F)(F)S(=O)(=O)O)(C3)C1)C12CC3CC(C1)C1(OCC(F)(F)C(F)(F)CO1)C(C3)C2. The van der Waals surface area contributed by atoms with Crippen LogP contribution in [-0.4, -0.2) is 91.7 Å². The van der Waals surface area contributed by atoms with Gasteiger partial charge in [-0.25, -0.2) is 4.79 Å². The second-order valence-electron chi connectivity index (χ2n) is 15.6. The molecule has 0 aromatic heterocycles. The fourth-order valence-corrected chi connectivity index (χ4v) is 11.3. The minimum absolute atomic E-state index is 0.0115. The van der Waals surface area contributed by atoms with Crippen LogP contribution in [0.4, 0.5) is 26.3 Å². The quantitative estimate of drug-likeness (QED) is 0.241. The van der Waals surface area contributed by atoms with Crippen LogP contribution in [-0.2, 0) is 48.1 Å². The van der Waals surface area contributed by atoms with Crippen LogP contribution in [0.2, 0.25) is 0 Å². The molecule has 18 heteroatoms. The number of hydrogen-bond donors (Lipinski definition) is 1. The Bertz CT molecular complexity index is 1450. The Labute approximate surface area is 271 Å². The van der Waals surface area contributed by atoms with Gasteiger partial charge in [0.05, 0.1) is 12.0 Å². The van der Waals surface area contributed by atoms with Gasteiger partial charge in [-0.2, -0.15) is 34.8 Å². The number of rotatable bonds is 6. The molecule has 8 bridgehead atoms. The van der Waals surface area contributed by atoms with Crippen molar-refractivity contribution in [3.63, 3.8) is 0 Å². The minimum atomic E-state index is -6.03. The van der Waals surface area contributed by atoms with E-state index in [1.807, 2.05) is 0 Å². The van der Waals surface area contributed by atoms with Crippen molar-refractivity contribution in [3.05, 3.63) is 0 Å². The maximum absolute atomic E-state index is 14.1. The van der Waals surface area contributed by atoms with Crippen LogP contribution in [0, 0.1) is 40.9 Å². The van der Waals surface area contributed by atoms with Crippen molar-refractivity contribution in [2.45, 2.75) is 105 Å². The predicted octanol–water partition coefficient (Wildman–Crippen LogP) is 4.08. The summed E-state index contributed by atoms with van der Waals surface area (Å²) >= 11 is 0. The Hall–Kier alpha value is -1.73. The van der Waals surface area contributed by atoms with Gasteiger partial charge in [0.25, 0.3) is 0 Å². The minimum Gasteiger partial charge on any atom is -0.462 e. The van der Waals surface area contributed by atoms with Crippen LogP contribution in [0.5, 0.6) is 0 Å². The lowest BCUT2D eigenvalue weighted by atomic mass is 9.47. The van der Waals surface area contributed by atoms with Crippen LogP contribution in [0.25, 0.3) is 0 Å². The molecule has 270 valence electrons. The summed E-state index contributed by atoms with van der Waals surface area (Å²) < 4.78 is 150. The smallest absolute Gasteiger partial charge is 0.462 e. The molecule has 5 unspecified atom stereocenters.